The Morgan fingerprint density at radius 2 is 2.00 bits per heavy atom. The van der Waals surface area contributed by atoms with Gasteiger partial charge in [-0.2, -0.15) is 0 Å². The number of hydrogen-bond donors (Lipinski definition) is 1. The lowest BCUT2D eigenvalue weighted by molar-refractivity contribution is 0.0559. The van der Waals surface area contributed by atoms with Crippen molar-refractivity contribution in [1.29, 1.82) is 0 Å². The molecule has 1 unspecified atom stereocenters. The molecule has 0 saturated heterocycles. The monoisotopic (exact) mass is 551 g/mol. The second-order valence-corrected chi connectivity index (χ2v) is 12.6. The van der Waals surface area contributed by atoms with Crippen LogP contribution in [0.2, 0.25) is 5.02 Å². The summed E-state index contributed by atoms with van der Waals surface area (Å²) in [5.74, 6) is -1.05. The molecule has 2 atom stereocenters. The SMILES string of the molecule is CCN=S1(=O)C[C@@](C)(c2cc(CC(=O)c3ccc(Cl)cn3)ccc2F)N=C(NC(=O)OC(C)(C)C)N1C. The summed E-state index contributed by atoms with van der Waals surface area (Å²) in [6, 6.07) is 7.36. The van der Waals surface area contributed by atoms with Crippen molar-refractivity contribution in [1.82, 2.24) is 14.6 Å². The molecule has 200 valence electrons. The predicted molar refractivity (Wildman–Crippen MR) is 142 cm³/mol. The number of carbonyl (C=O) groups excluding carboxylic acids is 2. The van der Waals surface area contributed by atoms with Crippen LogP contribution in [0.25, 0.3) is 0 Å². The molecule has 37 heavy (non-hydrogen) atoms. The Kier molecular flexibility index (Phi) is 8.28. The van der Waals surface area contributed by atoms with Crippen molar-refractivity contribution in [2.75, 3.05) is 19.3 Å². The predicted octanol–water partition coefficient (Wildman–Crippen LogP) is 4.74. The van der Waals surface area contributed by atoms with Gasteiger partial charge in [0, 0.05) is 31.8 Å². The number of carbonyl (C=O) groups is 2. The topological polar surface area (TPSA) is 113 Å². The first-order chi connectivity index (χ1) is 17.2. The summed E-state index contributed by atoms with van der Waals surface area (Å²) in [5.41, 5.74) is -1.27. The average molecular weight is 552 g/mol. The third-order valence-electron chi connectivity index (χ3n) is 5.48. The van der Waals surface area contributed by atoms with E-state index in [1.807, 2.05) is 0 Å². The molecule has 0 bridgehead atoms. The second-order valence-electron chi connectivity index (χ2n) is 9.81. The van der Waals surface area contributed by atoms with E-state index in [1.165, 1.54) is 41.8 Å². The van der Waals surface area contributed by atoms with Crippen molar-refractivity contribution in [3.05, 3.63) is 64.2 Å². The van der Waals surface area contributed by atoms with E-state index in [4.69, 9.17) is 16.3 Å². The van der Waals surface area contributed by atoms with Crippen LogP contribution in [0.3, 0.4) is 0 Å². The van der Waals surface area contributed by atoms with E-state index in [1.54, 1.807) is 40.7 Å². The summed E-state index contributed by atoms with van der Waals surface area (Å²) in [4.78, 5) is 33.9. The van der Waals surface area contributed by atoms with E-state index >= 15 is 4.39 Å². The maximum Gasteiger partial charge on any atom is 0.414 e. The summed E-state index contributed by atoms with van der Waals surface area (Å²) in [5, 5.41) is 2.94. The van der Waals surface area contributed by atoms with Crippen LogP contribution in [0.1, 0.15) is 56.2 Å². The molecule has 9 nitrogen and oxygen atoms in total. The van der Waals surface area contributed by atoms with Gasteiger partial charge < -0.3 is 4.74 Å². The lowest BCUT2D eigenvalue weighted by atomic mass is 9.91. The van der Waals surface area contributed by atoms with Crippen LogP contribution in [0.4, 0.5) is 9.18 Å². The van der Waals surface area contributed by atoms with Crippen molar-refractivity contribution in [3.63, 3.8) is 0 Å². The van der Waals surface area contributed by atoms with Crippen molar-refractivity contribution in [2.45, 2.75) is 52.2 Å². The number of pyridine rings is 1. The van der Waals surface area contributed by atoms with Crippen molar-refractivity contribution in [3.8, 4) is 0 Å². The standard InChI is InChI=1S/C25H31ClFN5O4S/c1-7-29-37(35)15-25(5,31-22(32(37)6)30-23(34)36-24(2,3)4)18-12-16(8-10-19(18)27)13-21(33)20-11-9-17(26)14-28-20/h8-12,14H,7,13,15H2,1-6H3,(H,30,31,34)/t25-,37?/m0/s1. The number of ketones is 1. The zero-order valence-corrected chi connectivity index (χ0v) is 23.2. The Balaban J connectivity index is 2.03. The van der Waals surface area contributed by atoms with Gasteiger partial charge in [-0.25, -0.2) is 22.7 Å². The van der Waals surface area contributed by atoms with E-state index < -0.39 is 33.0 Å². The van der Waals surface area contributed by atoms with Crippen LogP contribution in [0.5, 0.6) is 0 Å². The summed E-state index contributed by atoms with van der Waals surface area (Å²) < 4.78 is 40.0. The number of benzene rings is 1. The molecule has 12 heteroatoms. The lowest BCUT2D eigenvalue weighted by Crippen LogP contribution is -2.54. The maximum atomic E-state index is 15.2. The zero-order chi connectivity index (χ0) is 27.6. The number of aliphatic imine (C=N–C) groups is 1. The number of guanidine groups is 1. The van der Waals surface area contributed by atoms with E-state index in [0.29, 0.717) is 10.6 Å². The first kappa shape index (κ1) is 28.5. The van der Waals surface area contributed by atoms with Gasteiger partial charge in [0.2, 0.25) is 5.96 Å². The molecule has 2 heterocycles. The summed E-state index contributed by atoms with van der Waals surface area (Å²) in [7, 11) is -1.61. The largest absolute Gasteiger partial charge is 0.444 e. The Morgan fingerprint density at radius 1 is 1.30 bits per heavy atom. The quantitative estimate of drug-likeness (QED) is 0.539. The first-order valence-electron chi connectivity index (χ1n) is 11.6. The number of hydrogen-bond acceptors (Lipinski definition) is 7. The van der Waals surface area contributed by atoms with E-state index in [9.17, 15) is 13.8 Å². The highest BCUT2D eigenvalue weighted by molar-refractivity contribution is 7.92. The molecular weight excluding hydrogens is 521 g/mol. The number of rotatable bonds is 5. The summed E-state index contributed by atoms with van der Waals surface area (Å²) >= 11 is 5.85. The fraction of sp³-hybridized carbons (Fsp3) is 0.440. The molecule has 0 spiro atoms. The Labute approximate surface area is 221 Å². The number of nitrogens with one attached hydrogen (secondary N) is 1. The number of alkyl carbamates (subject to hydrolysis) is 1. The number of aromatic nitrogens is 1. The third-order valence-corrected chi connectivity index (χ3v) is 8.33. The molecule has 2 aromatic rings. The molecule has 1 N–H and O–H groups in total. The third kappa shape index (κ3) is 6.84. The first-order valence-corrected chi connectivity index (χ1v) is 13.7. The number of halogens is 2. The van der Waals surface area contributed by atoms with Crippen LogP contribution in [0, 0.1) is 5.82 Å². The van der Waals surface area contributed by atoms with Gasteiger partial charge in [0.05, 0.1) is 10.8 Å². The van der Waals surface area contributed by atoms with Crippen molar-refractivity contribution >= 4 is 39.4 Å². The number of nitrogens with zero attached hydrogens (tertiary/aromatic N) is 4. The van der Waals surface area contributed by atoms with Crippen LogP contribution in [-0.4, -0.2) is 56.3 Å². The molecular formula is C25H31ClFN5O4S. The number of Topliss-reactive ketones (excluding diaryl/α,β-unsaturated/α-hetero) is 1. The van der Waals surface area contributed by atoms with Crippen molar-refractivity contribution < 1.29 is 22.9 Å². The highest BCUT2D eigenvalue weighted by atomic mass is 35.5. The van der Waals surface area contributed by atoms with Crippen molar-refractivity contribution in [2.24, 2.45) is 9.36 Å². The zero-order valence-electron chi connectivity index (χ0n) is 21.7. The fourth-order valence-corrected chi connectivity index (χ4v) is 6.10. The van der Waals surface area contributed by atoms with E-state index in [0.717, 1.165) is 0 Å². The number of ether oxygens (including phenoxy) is 1. The Hall–Kier alpha value is -3.05. The minimum atomic E-state index is -3.11. The van der Waals surface area contributed by atoms with Crippen LogP contribution in [0.15, 0.2) is 45.9 Å². The smallest absolute Gasteiger partial charge is 0.414 e. The minimum absolute atomic E-state index is 0.0423. The van der Waals surface area contributed by atoms with Gasteiger partial charge in [-0.1, -0.05) is 17.7 Å². The molecule has 0 saturated carbocycles. The molecule has 1 aromatic heterocycles. The normalized spacial score (nSPS) is 21.7. The Morgan fingerprint density at radius 3 is 2.59 bits per heavy atom. The van der Waals surface area contributed by atoms with Gasteiger partial charge >= 0.3 is 6.09 Å². The minimum Gasteiger partial charge on any atom is -0.444 e. The van der Waals surface area contributed by atoms with Crippen LogP contribution >= 0.6 is 11.6 Å². The molecule has 3 rings (SSSR count). The van der Waals surface area contributed by atoms with Gasteiger partial charge in [0.15, 0.2) is 5.78 Å². The second kappa shape index (κ2) is 10.7. The van der Waals surface area contributed by atoms with Crippen LogP contribution < -0.4 is 5.32 Å². The summed E-state index contributed by atoms with van der Waals surface area (Å²) in [6.45, 7) is 8.72. The highest BCUT2D eigenvalue weighted by Crippen LogP contribution is 2.35. The van der Waals surface area contributed by atoms with E-state index in [2.05, 4.69) is 19.7 Å². The number of amides is 1. The fourth-order valence-electron chi connectivity index (χ4n) is 3.82. The van der Waals surface area contributed by atoms with Crippen LogP contribution in [-0.2, 0) is 26.6 Å². The highest BCUT2D eigenvalue weighted by Gasteiger charge is 2.42. The Bertz CT molecular complexity index is 1350. The molecule has 1 aliphatic rings. The van der Waals surface area contributed by atoms with Gasteiger partial charge in [-0.05, 0) is 64.4 Å². The average Bonchev–Trinajstić information content (AvgIpc) is 2.77. The molecule has 0 radical (unpaired) electrons. The molecule has 1 aliphatic heterocycles. The molecule has 0 fully saturated rings. The molecule has 1 amide bonds. The lowest BCUT2D eigenvalue weighted by Gasteiger charge is -2.38. The maximum absolute atomic E-state index is 15.2. The van der Waals surface area contributed by atoms with Gasteiger partial charge in [0.25, 0.3) is 0 Å². The summed E-state index contributed by atoms with van der Waals surface area (Å²) in [6.07, 6.45) is 0.543. The van der Waals surface area contributed by atoms with Gasteiger partial charge in [-0.3, -0.25) is 19.4 Å². The van der Waals surface area contributed by atoms with Gasteiger partial charge in [0.1, 0.15) is 32.6 Å². The van der Waals surface area contributed by atoms with E-state index in [-0.39, 0.29) is 41.7 Å². The molecule has 1 aromatic carbocycles. The van der Waals surface area contributed by atoms with Gasteiger partial charge in [-0.15, -0.1) is 0 Å². The molecule has 0 aliphatic carbocycles.